The zero-order chi connectivity index (χ0) is 13.7. The summed E-state index contributed by atoms with van der Waals surface area (Å²) >= 11 is 0. The fourth-order valence-electron chi connectivity index (χ4n) is 1.83. The SMILES string of the molecule is Cc1ccc(C=C(Cc2ccccc2)[N+](=O)[O-])cc1. The minimum Gasteiger partial charge on any atom is -0.259 e. The quantitative estimate of drug-likeness (QED) is 0.613. The Kier molecular flexibility index (Phi) is 4.08. The summed E-state index contributed by atoms with van der Waals surface area (Å²) in [6, 6.07) is 17.2. The number of benzene rings is 2. The van der Waals surface area contributed by atoms with Gasteiger partial charge in [0, 0.05) is 6.08 Å². The van der Waals surface area contributed by atoms with E-state index in [0.717, 1.165) is 16.7 Å². The molecule has 96 valence electrons. The van der Waals surface area contributed by atoms with Gasteiger partial charge in [-0.1, -0.05) is 60.2 Å². The molecule has 3 heteroatoms. The molecule has 0 radical (unpaired) electrons. The van der Waals surface area contributed by atoms with Crippen LogP contribution in [-0.2, 0) is 6.42 Å². The maximum atomic E-state index is 11.1. The van der Waals surface area contributed by atoms with E-state index in [9.17, 15) is 10.1 Å². The maximum absolute atomic E-state index is 11.1. The third-order valence-electron chi connectivity index (χ3n) is 2.87. The fraction of sp³-hybridized carbons (Fsp3) is 0.125. The third kappa shape index (κ3) is 3.78. The van der Waals surface area contributed by atoms with Crippen molar-refractivity contribution in [3.63, 3.8) is 0 Å². The zero-order valence-corrected chi connectivity index (χ0v) is 10.7. The molecule has 2 aromatic rings. The van der Waals surface area contributed by atoms with Gasteiger partial charge in [0.1, 0.15) is 0 Å². The second kappa shape index (κ2) is 5.96. The highest BCUT2D eigenvalue weighted by molar-refractivity contribution is 5.52. The Labute approximate surface area is 112 Å². The van der Waals surface area contributed by atoms with Crippen molar-refractivity contribution in [3.05, 3.63) is 87.1 Å². The van der Waals surface area contributed by atoms with Gasteiger partial charge in [-0.15, -0.1) is 0 Å². The lowest BCUT2D eigenvalue weighted by Crippen LogP contribution is -2.02. The molecular formula is C16H15NO2. The molecule has 0 amide bonds. The summed E-state index contributed by atoms with van der Waals surface area (Å²) < 4.78 is 0. The van der Waals surface area contributed by atoms with Crippen LogP contribution in [0.1, 0.15) is 16.7 Å². The van der Waals surface area contributed by atoms with Gasteiger partial charge in [-0.25, -0.2) is 0 Å². The molecule has 2 aromatic carbocycles. The van der Waals surface area contributed by atoms with Crippen molar-refractivity contribution in [2.75, 3.05) is 0 Å². The molecule has 2 rings (SSSR count). The minimum absolute atomic E-state index is 0.204. The number of nitrogens with zero attached hydrogens (tertiary/aromatic N) is 1. The van der Waals surface area contributed by atoms with E-state index >= 15 is 0 Å². The summed E-state index contributed by atoms with van der Waals surface area (Å²) in [5.41, 5.74) is 3.14. The van der Waals surface area contributed by atoms with Crippen LogP contribution in [0.15, 0.2) is 60.3 Å². The monoisotopic (exact) mass is 253 g/mol. The van der Waals surface area contributed by atoms with Gasteiger partial charge in [0.05, 0.1) is 11.3 Å². The van der Waals surface area contributed by atoms with Gasteiger partial charge in [0.2, 0.25) is 0 Å². The van der Waals surface area contributed by atoms with E-state index in [0.29, 0.717) is 6.42 Å². The molecule has 0 saturated heterocycles. The Hall–Kier alpha value is -2.42. The Morgan fingerprint density at radius 2 is 1.74 bits per heavy atom. The lowest BCUT2D eigenvalue weighted by Gasteiger charge is -2.00. The molecule has 0 spiro atoms. The summed E-state index contributed by atoms with van der Waals surface area (Å²) in [5.74, 6) is 0. The molecule has 0 unspecified atom stereocenters. The van der Waals surface area contributed by atoms with E-state index in [1.165, 1.54) is 0 Å². The number of nitro groups is 1. The van der Waals surface area contributed by atoms with Crippen molar-refractivity contribution >= 4 is 6.08 Å². The second-order valence-electron chi connectivity index (χ2n) is 4.47. The molecule has 0 aromatic heterocycles. The molecule has 0 N–H and O–H groups in total. The molecule has 19 heavy (non-hydrogen) atoms. The predicted molar refractivity (Wildman–Crippen MR) is 76.3 cm³/mol. The van der Waals surface area contributed by atoms with Crippen molar-refractivity contribution in [2.24, 2.45) is 0 Å². The van der Waals surface area contributed by atoms with Crippen LogP contribution in [0.2, 0.25) is 0 Å². The normalized spacial score (nSPS) is 11.3. The molecule has 0 aliphatic heterocycles. The summed E-state index contributed by atoms with van der Waals surface area (Å²) in [6.07, 6.45) is 1.97. The lowest BCUT2D eigenvalue weighted by molar-refractivity contribution is -0.425. The number of hydrogen-bond acceptors (Lipinski definition) is 2. The summed E-state index contributed by atoms with van der Waals surface area (Å²) in [6.45, 7) is 1.99. The number of allylic oxidation sites excluding steroid dienone is 1. The van der Waals surface area contributed by atoms with Crippen molar-refractivity contribution in [1.29, 1.82) is 0 Å². The largest absolute Gasteiger partial charge is 0.259 e. The maximum Gasteiger partial charge on any atom is 0.251 e. The first kappa shape index (κ1) is 13.0. The van der Waals surface area contributed by atoms with E-state index in [1.54, 1.807) is 6.08 Å². The van der Waals surface area contributed by atoms with Crippen molar-refractivity contribution < 1.29 is 4.92 Å². The summed E-state index contributed by atoms with van der Waals surface area (Å²) in [7, 11) is 0. The van der Waals surface area contributed by atoms with Crippen molar-refractivity contribution in [2.45, 2.75) is 13.3 Å². The van der Waals surface area contributed by atoms with Gasteiger partial charge >= 0.3 is 0 Å². The zero-order valence-electron chi connectivity index (χ0n) is 10.7. The highest BCUT2D eigenvalue weighted by Crippen LogP contribution is 2.14. The van der Waals surface area contributed by atoms with E-state index in [-0.39, 0.29) is 10.6 Å². The molecule has 0 aliphatic rings. The highest BCUT2D eigenvalue weighted by atomic mass is 16.6. The first-order valence-electron chi connectivity index (χ1n) is 6.11. The van der Waals surface area contributed by atoms with Crippen LogP contribution in [0.4, 0.5) is 0 Å². The molecule has 3 nitrogen and oxygen atoms in total. The van der Waals surface area contributed by atoms with Gasteiger partial charge in [-0.05, 0) is 18.1 Å². The van der Waals surface area contributed by atoms with Crippen molar-refractivity contribution in [1.82, 2.24) is 0 Å². The summed E-state index contributed by atoms with van der Waals surface area (Å²) in [5, 5.41) is 11.1. The van der Waals surface area contributed by atoms with Crippen LogP contribution in [0, 0.1) is 17.0 Å². The van der Waals surface area contributed by atoms with E-state index in [2.05, 4.69) is 0 Å². The Bertz CT molecular complexity index is 586. The first-order chi connectivity index (χ1) is 9.15. The standard InChI is InChI=1S/C16H15NO2/c1-13-7-9-15(10-8-13)12-16(17(18)19)11-14-5-3-2-4-6-14/h2-10,12H,11H2,1H3. The Morgan fingerprint density at radius 1 is 1.11 bits per heavy atom. The average molecular weight is 253 g/mol. The van der Waals surface area contributed by atoms with Crippen LogP contribution >= 0.6 is 0 Å². The van der Waals surface area contributed by atoms with Gasteiger partial charge in [-0.3, -0.25) is 10.1 Å². The van der Waals surface area contributed by atoms with Crippen LogP contribution in [0.3, 0.4) is 0 Å². The smallest absolute Gasteiger partial charge is 0.251 e. The molecule has 0 heterocycles. The van der Waals surface area contributed by atoms with E-state index < -0.39 is 0 Å². The third-order valence-corrected chi connectivity index (χ3v) is 2.87. The average Bonchev–Trinajstić information content (AvgIpc) is 2.41. The molecule has 0 bridgehead atoms. The van der Waals surface area contributed by atoms with Crippen LogP contribution in [0.25, 0.3) is 6.08 Å². The van der Waals surface area contributed by atoms with E-state index in [4.69, 9.17) is 0 Å². The molecule has 0 atom stereocenters. The number of hydrogen-bond donors (Lipinski definition) is 0. The van der Waals surface area contributed by atoms with Crippen LogP contribution in [0.5, 0.6) is 0 Å². The predicted octanol–water partition coefficient (Wildman–Crippen LogP) is 3.86. The molecular weight excluding hydrogens is 238 g/mol. The topological polar surface area (TPSA) is 43.1 Å². The Balaban J connectivity index is 2.25. The highest BCUT2D eigenvalue weighted by Gasteiger charge is 2.11. The second-order valence-corrected chi connectivity index (χ2v) is 4.47. The molecule has 0 aliphatic carbocycles. The Morgan fingerprint density at radius 3 is 2.32 bits per heavy atom. The number of aryl methyl sites for hydroxylation is 1. The van der Waals surface area contributed by atoms with Gasteiger partial charge in [0.25, 0.3) is 5.70 Å². The van der Waals surface area contributed by atoms with Crippen LogP contribution in [-0.4, -0.2) is 4.92 Å². The van der Waals surface area contributed by atoms with Gasteiger partial charge in [0.15, 0.2) is 0 Å². The van der Waals surface area contributed by atoms with Crippen molar-refractivity contribution in [3.8, 4) is 0 Å². The minimum atomic E-state index is -0.313. The molecule has 0 saturated carbocycles. The first-order valence-corrected chi connectivity index (χ1v) is 6.11. The van der Waals surface area contributed by atoms with E-state index in [1.807, 2.05) is 61.5 Å². The van der Waals surface area contributed by atoms with Gasteiger partial charge in [-0.2, -0.15) is 0 Å². The summed E-state index contributed by atoms with van der Waals surface area (Å²) in [4.78, 5) is 10.8. The van der Waals surface area contributed by atoms with Crippen LogP contribution < -0.4 is 0 Å². The fourth-order valence-corrected chi connectivity index (χ4v) is 1.83. The number of rotatable bonds is 4. The lowest BCUT2D eigenvalue weighted by atomic mass is 10.1. The van der Waals surface area contributed by atoms with Gasteiger partial charge < -0.3 is 0 Å². The molecule has 0 fully saturated rings.